The van der Waals surface area contributed by atoms with E-state index >= 15 is 0 Å². The number of hydrogen-bond acceptors (Lipinski definition) is 4. The average Bonchev–Trinajstić information content (AvgIpc) is 0.722. The summed E-state index contributed by atoms with van der Waals surface area (Å²) >= 11 is 0. The molecule has 0 spiro atoms. The fourth-order valence-electron chi connectivity index (χ4n) is 0. The molecule has 4 nitrogen and oxygen atoms in total. The predicted octanol–water partition coefficient (Wildman–Crippen LogP) is -6.54. The third-order valence-electron chi connectivity index (χ3n) is 0. The SMILES string of the molecule is O[Si](O)(O)O.[AlH3].[CaH2].[CaH2].[MgH2]. The second kappa shape index (κ2) is 14.4. The third-order valence-corrected chi connectivity index (χ3v) is 0. The van der Waals surface area contributed by atoms with Crippen LogP contribution in [0.1, 0.15) is 0 Å². The van der Waals surface area contributed by atoms with Crippen molar-refractivity contribution >= 4 is 125 Å². The van der Waals surface area contributed by atoms with Gasteiger partial charge in [0.2, 0.25) is 0 Å². The Balaban J connectivity index is -0.0000000133. The van der Waals surface area contributed by atoms with Gasteiger partial charge in [0.15, 0.2) is 17.4 Å². The molecule has 0 aromatic carbocycles. The van der Waals surface area contributed by atoms with Crippen LogP contribution in [0, 0.1) is 0 Å². The van der Waals surface area contributed by atoms with Crippen molar-refractivity contribution in [2.45, 2.75) is 0 Å². The zero-order valence-corrected chi connectivity index (χ0v) is 3.29. The van der Waals surface area contributed by atoms with Crippen LogP contribution in [0.4, 0.5) is 0 Å². The first-order valence-corrected chi connectivity index (χ1v) is 2.68. The first-order valence-electron chi connectivity index (χ1n) is 0.894. The van der Waals surface area contributed by atoms with E-state index in [4.69, 9.17) is 19.2 Å². The molecule has 0 heterocycles. The van der Waals surface area contributed by atoms with Gasteiger partial charge in [-0.05, 0) is 0 Å². The summed E-state index contributed by atoms with van der Waals surface area (Å²) in [5.41, 5.74) is 0. The molecule has 50 valence electrons. The van der Waals surface area contributed by atoms with Gasteiger partial charge in [0, 0.05) is 0 Å². The molecule has 0 aliphatic heterocycles. The van der Waals surface area contributed by atoms with Crippen LogP contribution in [0.25, 0.3) is 0 Å². The van der Waals surface area contributed by atoms with Crippen molar-refractivity contribution in [3.63, 3.8) is 0 Å². The van der Waals surface area contributed by atoms with E-state index in [0.717, 1.165) is 0 Å². The van der Waals surface area contributed by atoms with E-state index in [9.17, 15) is 0 Å². The van der Waals surface area contributed by atoms with Gasteiger partial charge in [0.05, 0.1) is 0 Å². The fraction of sp³-hybridized carbons (Fsp3) is 0. The first kappa shape index (κ1) is 29.3. The van der Waals surface area contributed by atoms with Gasteiger partial charge in [0.1, 0.15) is 0 Å². The summed E-state index contributed by atoms with van der Waals surface area (Å²) in [6, 6.07) is 0. The van der Waals surface area contributed by atoms with E-state index < -0.39 is 9.05 Å². The van der Waals surface area contributed by atoms with E-state index in [1.54, 1.807) is 0 Å². The Bertz CT molecular complexity index is 34.0. The van der Waals surface area contributed by atoms with Crippen molar-refractivity contribution in [2.24, 2.45) is 0 Å². The molecule has 0 aromatic rings. The molecular formula is H13AlCa2MgO4Si. The number of hydrogen-bond donors (Lipinski definition) is 4. The van der Waals surface area contributed by atoms with Crippen molar-refractivity contribution in [3.05, 3.63) is 0 Å². The van der Waals surface area contributed by atoms with Gasteiger partial charge in [-0.15, -0.1) is 0 Å². The van der Waals surface area contributed by atoms with Crippen molar-refractivity contribution in [1.29, 1.82) is 0 Å². The Kier molecular flexibility index (Phi) is 46.8. The van der Waals surface area contributed by atoms with E-state index in [1.165, 1.54) is 0 Å². The van der Waals surface area contributed by atoms with Crippen LogP contribution in [0.5, 0.6) is 0 Å². The summed E-state index contributed by atoms with van der Waals surface area (Å²) in [4.78, 5) is 29.3. The topological polar surface area (TPSA) is 80.9 Å². The molecule has 0 rings (SSSR count). The Hall–Kier alpha value is 3.88. The standard InChI is InChI=1S/Al.2Ca.Mg.H4O4Si.9H/c;;;;1-5(2,3)4;;;;;;;;;/h;;;;1-4H;;;;;;;;;. The third kappa shape index (κ3) is 77.1. The zero-order chi connectivity index (χ0) is 4.50. The quantitative estimate of drug-likeness (QED) is 0.316. The minimum absolute atomic E-state index is 0. The monoisotopic (exact) mass is 236 g/mol. The van der Waals surface area contributed by atoms with Crippen LogP contribution in [-0.2, 0) is 0 Å². The molecule has 0 unspecified atom stereocenters. The van der Waals surface area contributed by atoms with Crippen LogP contribution >= 0.6 is 0 Å². The Morgan fingerprint density at radius 3 is 0.778 bits per heavy atom. The van der Waals surface area contributed by atoms with Gasteiger partial charge in [0.25, 0.3) is 0 Å². The Morgan fingerprint density at radius 2 is 0.778 bits per heavy atom. The van der Waals surface area contributed by atoms with Gasteiger partial charge in [-0.3, -0.25) is 0 Å². The smallest absolute Gasteiger partial charge is 0.316 e. The zero-order valence-electron chi connectivity index (χ0n) is 2.29. The van der Waals surface area contributed by atoms with Gasteiger partial charge >= 0.3 is 108 Å². The summed E-state index contributed by atoms with van der Waals surface area (Å²) in [5.74, 6) is 0. The number of rotatable bonds is 0. The normalized spacial score (nSPS) is 6.67. The van der Waals surface area contributed by atoms with Gasteiger partial charge < -0.3 is 19.2 Å². The molecule has 0 bridgehead atoms. The molecule has 9 heteroatoms. The maximum atomic E-state index is 7.33. The maximum Gasteiger partial charge on any atom is 0.316 e. The molecule has 0 aromatic heterocycles. The van der Waals surface area contributed by atoms with Crippen molar-refractivity contribution < 1.29 is 19.2 Å². The summed E-state index contributed by atoms with van der Waals surface area (Å²) < 4.78 is 0. The average molecular weight is 237 g/mol. The second-order valence-electron chi connectivity index (χ2n) is 0.600. The molecule has 9 heavy (non-hydrogen) atoms. The van der Waals surface area contributed by atoms with Crippen LogP contribution < -0.4 is 0 Å². The molecule has 0 radical (unpaired) electrons. The summed E-state index contributed by atoms with van der Waals surface area (Å²) in [6.07, 6.45) is 0. The molecule has 0 saturated carbocycles. The van der Waals surface area contributed by atoms with Crippen LogP contribution in [0.15, 0.2) is 0 Å². The van der Waals surface area contributed by atoms with Crippen molar-refractivity contribution in [3.8, 4) is 0 Å². The fourth-order valence-corrected chi connectivity index (χ4v) is 0. The minimum atomic E-state index is -4.61. The van der Waals surface area contributed by atoms with Crippen molar-refractivity contribution in [2.75, 3.05) is 0 Å². The first-order chi connectivity index (χ1) is 2.00. The van der Waals surface area contributed by atoms with Crippen molar-refractivity contribution in [1.82, 2.24) is 0 Å². The van der Waals surface area contributed by atoms with Gasteiger partial charge in [-0.1, -0.05) is 0 Å². The molecule has 0 amide bonds. The Morgan fingerprint density at radius 1 is 0.778 bits per heavy atom. The van der Waals surface area contributed by atoms with E-state index in [2.05, 4.69) is 0 Å². The summed E-state index contributed by atoms with van der Waals surface area (Å²) in [7, 11) is -4.61. The maximum absolute atomic E-state index is 7.33. The summed E-state index contributed by atoms with van der Waals surface area (Å²) in [6.45, 7) is 0. The molecule has 0 fully saturated rings. The molecule has 4 N–H and O–H groups in total. The summed E-state index contributed by atoms with van der Waals surface area (Å²) in [5, 5.41) is 0. The molecule has 0 aliphatic carbocycles. The Labute approximate surface area is 141 Å². The molecule has 0 aliphatic rings. The van der Waals surface area contributed by atoms with E-state index in [-0.39, 0.29) is 116 Å². The van der Waals surface area contributed by atoms with Gasteiger partial charge in [-0.25, -0.2) is 0 Å². The predicted molar refractivity (Wildman–Crippen MR) is 50.2 cm³/mol. The molecule has 0 atom stereocenters. The van der Waals surface area contributed by atoms with E-state index in [1.807, 2.05) is 0 Å². The molecule has 0 saturated heterocycles. The molecular weight excluding hydrogens is 224 g/mol. The van der Waals surface area contributed by atoms with Crippen LogP contribution in [0.2, 0.25) is 0 Å². The van der Waals surface area contributed by atoms with Gasteiger partial charge in [-0.2, -0.15) is 0 Å². The van der Waals surface area contributed by atoms with E-state index in [0.29, 0.717) is 0 Å². The van der Waals surface area contributed by atoms with Crippen LogP contribution in [0.3, 0.4) is 0 Å². The second-order valence-corrected chi connectivity index (χ2v) is 1.80. The largest absolute Gasteiger partial charge is 0.316 e. The van der Waals surface area contributed by atoms with Crippen LogP contribution in [-0.4, -0.2) is 144 Å². The minimum Gasteiger partial charge on any atom is 0.316 e.